The van der Waals surface area contributed by atoms with Crippen LogP contribution in [0.5, 0.6) is 23.7 Å². The predicted molar refractivity (Wildman–Crippen MR) is 542 cm³/mol. The van der Waals surface area contributed by atoms with E-state index in [-0.39, 0.29) is 33.1 Å². The minimum atomic E-state index is -2.07. The highest BCUT2D eigenvalue weighted by Crippen LogP contribution is 2.52. The molecule has 1 atom stereocenters. The minimum Gasteiger partial charge on any atom is -0.409 e. The van der Waals surface area contributed by atoms with Gasteiger partial charge in [0.1, 0.15) is 44.9 Å². The van der Waals surface area contributed by atoms with Gasteiger partial charge in [0.25, 0.3) is 5.52 Å². The molecular formula is C117H170N6O5+6. The lowest BCUT2D eigenvalue weighted by Gasteiger charge is -2.59. The van der Waals surface area contributed by atoms with Crippen molar-refractivity contribution < 1.29 is 49.5 Å². The van der Waals surface area contributed by atoms with E-state index in [4.69, 9.17) is 26.8 Å². The third kappa shape index (κ3) is 23.2. The van der Waals surface area contributed by atoms with Crippen LogP contribution in [0.25, 0.3) is 11.1 Å². The molecule has 12 rings (SSSR count). The summed E-state index contributed by atoms with van der Waals surface area (Å²) in [6.45, 7) is 78.7. The first-order valence-corrected chi connectivity index (χ1v) is 47.8. The molecule has 0 fully saturated rings. The topological polar surface area (TPSA) is 69.5 Å². The van der Waals surface area contributed by atoms with Gasteiger partial charge in [0.2, 0.25) is 18.0 Å². The maximum atomic E-state index is 8.10. The summed E-state index contributed by atoms with van der Waals surface area (Å²) in [7, 11) is 1.86. The average molecular weight is 1740 g/mol. The quantitative estimate of drug-likeness (QED) is 0.0361. The van der Waals surface area contributed by atoms with E-state index in [1.807, 2.05) is 105 Å². The second kappa shape index (κ2) is 45.3. The molecule has 0 amide bonds. The fourth-order valence-corrected chi connectivity index (χ4v) is 20.5. The van der Waals surface area contributed by atoms with Gasteiger partial charge in [0.05, 0.1) is 48.3 Å². The van der Waals surface area contributed by atoms with Crippen LogP contribution in [0.3, 0.4) is 0 Å². The molecule has 11 nitrogen and oxygen atoms in total. The van der Waals surface area contributed by atoms with Crippen molar-refractivity contribution >= 4 is 22.5 Å². The molecule has 0 saturated carbocycles. The van der Waals surface area contributed by atoms with Crippen molar-refractivity contribution in [2.75, 3.05) is 14.0 Å². The standard InChI is InChI=1S/C27H34N.C21H38N.C19H22NO2.C18H26NO.C17H30N.C15H20NO2/c1-21(2)25-19-13-14-20-26(25)27(5,6)28(22(3)4,23-15-9-7-10-16-23)24-17-11-8-12-18-24;1-15(2)19-13-11-12-14-20(19)21(9,10)22(16(3)4,17(5)6)18(7)8;1-13(2)15-9-5-7-11-17(15)21-19-20(14(3)4)16-10-6-8-12-18(16)22-19;1-13(2)15-9-7-8-10-16(15)18(5,6)17-19(14(3)4)11-12-20-17;1-13(2)15-11-9-10-12-16(15)17(5,6)18(7,8)14(3)4;1-11(2)13-7-5-6-8-14(13)18-15-16(12(3)4)9-10-17-15/h7-22H,1-6H3;11-18H,1-10H3;5-14H,1-4H3;7-14H,1-6H3;9-14H,1-8H3;5-12H,1-4H3/q6*+1/i;;;;7D3;. The lowest BCUT2D eigenvalue weighted by atomic mass is 9.78. The monoisotopic (exact) mass is 1740 g/mol. The number of para-hydroxylation sites is 6. The molecule has 0 aliphatic rings. The van der Waals surface area contributed by atoms with Gasteiger partial charge in [-0.25, -0.2) is 4.48 Å². The van der Waals surface area contributed by atoms with Crippen molar-refractivity contribution in [2.24, 2.45) is 0 Å². The number of fused-ring (bicyclic) bond motifs is 1. The lowest BCUT2D eigenvalue weighted by molar-refractivity contribution is -1.03. The molecule has 11 heteroatoms. The highest BCUT2D eigenvalue weighted by molar-refractivity contribution is 5.69. The Morgan fingerprint density at radius 2 is 0.641 bits per heavy atom. The molecule has 3 heterocycles. The Balaban J connectivity index is 0.000000216. The van der Waals surface area contributed by atoms with E-state index in [9.17, 15) is 0 Å². The van der Waals surface area contributed by atoms with E-state index in [2.05, 4.69) is 408 Å². The average Bonchev–Trinajstić information content (AvgIpc) is 1.68. The molecule has 128 heavy (non-hydrogen) atoms. The maximum absolute atomic E-state index is 8.10. The number of rotatable bonds is 28. The highest BCUT2D eigenvalue weighted by atomic mass is 16.6. The van der Waals surface area contributed by atoms with E-state index < -0.39 is 12.5 Å². The molecule has 3 aromatic heterocycles. The first-order chi connectivity index (χ1) is 61.2. The third-order valence-electron chi connectivity index (χ3n) is 27.1. The van der Waals surface area contributed by atoms with Gasteiger partial charge in [-0.1, -0.05) is 265 Å². The minimum absolute atomic E-state index is 0.00674. The highest BCUT2D eigenvalue weighted by Gasteiger charge is 2.54. The first-order valence-electron chi connectivity index (χ1n) is 49.3. The van der Waals surface area contributed by atoms with Crippen molar-refractivity contribution in [1.29, 1.82) is 0 Å². The predicted octanol–water partition coefficient (Wildman–Crippen LogP) is 32.3. The molecule has 0 aliphatic heterocycles. The molecular weight excluding hydrogens is 1570 g/mol. The molecule has 1 unspecified atom stereocenters. The van der Waals surface area contributed by atoms with E-state index in [0.717, 1.165) is 43.0 Å². The summed E-state index contributed by atoms with van der Waals surface area (Å²) in [5.41, 5.74) is 17.2. The first kappa shape index (κ1) is 100. The van der Waals surface area contributed by atoms with Crippen LogP contribution in [0.15, 0.2) is 269 Å². The van der Waals surface area contributed by atoms with E-state index >= 15 is 0 Å². The number of oxazole rings is 3. The van der Waals surface area contributed by atoms with Gasteiger partial charge in [-0.15, -0.1) is 9.13 Å². The Morgan fingerprint density at radius 3 is 1.02 bits per heavy atom. The summed E-state index contributed by atoms with van der Waals surface area (Å²) >= 11 is 0. The number of nitrogens with zero attached hydrogens (tertiary/aromatic N) is 6. The fraction of sp³-hybridized carbons (Fsp3) is 0.479. The second-order valence-corrected chi connectivity index (χ2v) is 41.3. The summed E-state index contributed by atoms with van der Waals surface area (Å²) < 4.78 is 61.7. The van der Waals surface area contributed by atoms with Crippen LogP contribution >= 0.6 is 0 Å². The smallest absolute Gasteiger partial charge is 0.409 e. The molecule has 0 saturated heterocycles. The Morgan fingerprint density at radius 1 is 0.312 bits per heavy atom. The van der Waals surface area contributed by atoms with Crippen molar-refractivity contribution in [1.82, 2.24) is 4.48 Å². The Hall–Kier alpha value is -9.65. The second-order valence-electron chi connectivity index (χ2n) is 41.3. The summed E-state index contributed by atoms with van der Waals surface area (Å²) in [6.07, 6.45) is 8.41. The molecule has 0 radical (unpaired) electrons. The maximum Gasteiger partial charge on any atom is 0.567 e. The fourth-order valence-electron chi connectivity index (χ4n) is 20.5. The molecule has 9 aromatic carbocycles. The number of ether oxygens (including phenoxy) is 2. The molecule has 0 N–H and O–H groups in total. The molecule has 0 bridgehead atoms. The number of hydrogen-bond acceptors (Lipinski definition) is 5. The third-order valence-corrected chi connectivity index (χ3v) is 27.1. The number of aromatic nitrogens is 3. The molecule has 0 spiro atoms. The van der Waals surface area contributed by atoms with Gasteiger partial charge >= 0.3 is 18.0 Å². The Bertz CT molecular complexity index is 5420. The van der Waals surface area contributed by atoms with Crippen LogP contribution in [0.2, 0.25) is 0 Å². The van der Waals surface area contributed by atoms with Gasteiger partial charge in [-0.3, -0.25) is 0 Å². The van der Waals surface area contributed by atoms with Crippen molar-refractivity contribution in [3.05, 3.63) is 317 Å². The Kier molecular flexibility index (Phi) is 35.5. The number of quaternary nitrogens is 3. The zero-order chi connectivity index (χ0) is 98.0. The van der Waals surface area contributed by atoms with Crippen LogP contribution in [0, 0.1) is 0 Å². The molecule has 12 aromatic rings. The van der Waals surface area contributed by atoms with Crippen LogP contribution < -0.4 is 27.7 Å². The van der Waals surface area contributed by atoms with E-state index in [1.54, 1.807) is 12.5 Å². The summed E-state index contributed by atoms with van der Waals surface area (Å²) in [5.74, 6) is 5.46. The van der Waals surface area contributed by atoms with Gasteiger partial charge in [0, 0.05) is 22.8 Å². The van der Waals surface area contributed by atoms with Crippen LogP contribution in [-0.2, 0) is 22.0 Å². The van der Waals surface area contributed by atoms with Crippen LogP contribution in [0.4, 0.5) is 11.4 Å². The SMILES string of the molecule is CC(C)c1ccccc1C(C)(C)[N+](C(C)C)(C(C)C)C(C)C.CC(C)c1ccccc1C(C)(C)[N+](c1ccccc1)(c1ccccc1)C(C)C.CC(C)c1ccccc1C(C)(C)c1occ[n+]1C(C)C.CC(C)c1ccccc1Oc1oc2ccccc2[n+]1C(C)C.CC(C)c1ccccc1Oc1occ[n+]1C(C)C.[2H]C([2H])([2H])[N+](C)(C(C)C)C(C)(C)c1ccccc1C(C)C. The zero-order valence-corrected chi connectivity index (χ0v) is 86.1. The lowest BCUT2D eigenvalue weighted by Crippen LogP contribution is -2.70. The van der Waals surface area contributed by atoms with Gasteiger partial charge in [0.15, 0.2) is 30.7 Å². The largest absolute Gasteiger partial charge is 0.567 e. The van der Waals surface area contributed by atoms with E-state index in [1.165, 1.54) is 61.4 Å². The number of hydrogen-bond donors (Lipinski definition) is 0. The van der Waals surface area contributed by atoms with E-state index in [0.29, 0.717) is 83.9 Å². The van der Waals surface area contributed by atoms with Crippen molar-refractivity contribution in [2.45, 2.75) is 355 Å². The summed E-state index contributed by atoms with van der Waals surface area (Å²) in [4.78, 5) is 0. The van der Waals surface area contributed by atoms with Gasteiger partial charge < -0.3 is 31.7 Å². The molecule has 692 valence electrons. The zero-order valence-electron chi connectivity index (χ0n) is 89.1. The van der Waals surface area contributed by atoms with Gasteiger partial charge in [-0.2, -0.15) is 4.57 Å². The van der Waals surface area contributed by atoms with Crippen molar-refractivity contribution in [3.63, 3.8) is 0 Å². The van der Waals surface area contributed by atoms with Crippen molar-refractivity contribution in [3.8, 4) is 23.7 Å². The Labute approximate surface area is 781 Å². The van der Waals surface area contributed by atoms with Crippen LogP contribution in [0.1, 0.15) is 369 Å². The van der Waals surface area contributed by atoms with Gasteiger partial charge in [-0.05, 0) is 283 Å². The normalized spacial score (nSPS) is 13.3. The number of benzene rings is 9. The molecule has 0 aliphatic carbocycles. The summed E-state index contributed by atoms with van der Waals surface area (Å²) in [6, 6.07) is 84.2. The summed E-state index contributed by atoms with van der Waals surface area (Å²) in [5, 5.41) is 0. The van der Waals surface area contributed by atoms with Crippen LogP contribution in [-0.4, -0.2) is 53.2 Å².